The first kappa shape index (κ1) is 38.2. The fraction of sp³-hybridized carbons (Fsp3) is 0.447. The van der Waals surface area contributed by atoms with Gasteiger partial charge in [-0.25, -0.2) is 10.0 Å². The molecular formula is C38H52N6O6. The molecule has 3 amide bonds. The van der Waals surface area contributed by atoms with E-state index in [0.717, 1.165) is 51.0 Å². The number of nitrogens with one attached hydrogen (secondary N) is 1. The van der Waals surface area contributed by atoms with Crippen molar-refractivity contribution in [3.63, 3.8) is 0 Å². The van der Waals surface area contributed by atoms with Crippen molar-refractivity contribution in [2.75, 3.05) is 84.4 Å². The smallest absolute Gasteiger partial charge is 0.259 e. The van der Waals surface area contributed by atoms with E-state index in [1.54, 1.807) is 54.4 Å². The molecule has 270 valence electrons. The molecule has 3 aromatic rings. The lowest BCUT2D eigenvalue weighted by Crippen LogP contribution is -2.52. The molecule has 3 N–H and O–H groups in total. The number of aryl methyl sites for hydroxylation is 1. The number of rotatable bonds is 17. The van der Waals surface area contributed by atoms with Crippen LogP contribution in [0.1, 0.15) is 58.4 Å². The Labute approximate surface area is 296 Å². The Kier molecular flexibility index (Phi) is 14.4. The molecule has 1 fully saturated rings. The second-order valence-electron chi connectivity index (χ2n) is 12.5. The number of hydrazine groups is 1. The van der Waals surface area contributed by atoms with Gasteiger partial charge in [0, 0.05) is 59.3 Å². The van der Waals surface area contributed by atoms with E-state index in [1.165, 1.54) is 7.11 Å². The maximum absolute atomic E-state index is 13.7. The van der Waals surface area contributed by atoms with Crippen LogP contribution in [0.15, 0.2) is 60.7 Å². The lowest BCUT2D eigenvalue weighted by Gasteiger charge is -2.38. The van der Waals surface area contributed by atoms with Crippen molar-refractivity contribution in [1.82, 2.24) is 14.9 Å². The first-order valence-electron chi connectivity index (χ1n) is 17.3. The van der Waals surface area contributed by atoms with E-state index < -0.39 is 0 Å². The number of hydrogen-bond donors (Lipinski definition) is 2. The van der Waals surface area contributed by atoms with E-state index in [2.05, 4.69) is 15.3 Å². The van der Waals surface area contributed by atoms with Crippen LogP contribution in [0, 0.1) is 6.92 Å². The van der Waals surface area contributed by atoms with Crippen molar-refractivity contribution in [3.8, 4) is 17.2 Å². The summed E-state index contributed by atoms with van der Waals surface area (Å²) in [7, 11) is 7.24. The second kappa shape index (κ2) is 18.9. The number of carbonyl (C=O) groups is 3. The molecule has 1 aliphatic rings. The zero-order valence-corrected chi connectivity index (χ0v) is 30.1. The number of hydrogen-bond acceptors (Lipinski definition) is 9. The van der Waals surface area contributed by atoms with Gasteiger partial charge in [-0.15, -0.1) is 0 Å². The number of anilines is 2. The number of methoxy groups -OCH3 is 1. The Bertz CT molecular complexity index is 1590. The van der Waals surface area contributed by atoms with Crippen molar-refractivity contribution in [2.45, 2.75) is 39.0 Å². The van der Waals surface area contributed by atoms with Gasteiger partial charge in [0.2, 0.25) is 5.91 Å². The molecule has 1 heterocycles. The van der Waals surface area contributed by atoms with E-state index in [0.29, 0.717) is 72.4 Å². The summed E-state index contributed by atoms with van der Waals surface area (Å²) in [6.07, 6.45) is 3.68. The molecule has 4 rings (SSSR count). The summed E-state index contributed by atoms with van der Waals surface area (Å²) in [4.78, 5) is 43.1. The normalized spacial score (nSPS) is 13.2. The second-order valence-corrected chi connectivity index (χ2v) is 12.5. The molecule has 0 atom stereocenters. The summed E-state index contributed by atoms with van der Waals surface area (Å²) >= 11 is 0. The number of unbranched alkanes of at least 4 members (excludes halogenated alkanes) is 2. The summed E-state index contributed by atoms with van der Waals surface area (Å²) in [5.41, 5.74) is 8.40. The fourth-order valence-electron chi connectivity index (χ4n) is 5.72. The van der Waals surface area contributed by atoms with Gasteiger partial charge in [-0.05, 0) is 87.2 Å². The highest BCUT2D eigenvalue weighted by Crippen LogP contribution is 2.32. The molecule has 0 saturated carbocycles. The fourth-order valence-corrected chi connectivity index (χ4v) is 5.72. The number of amides is 3. The van der Waals surface area contributed by atoms with Gasteiger partial charge < -0.3 is 35.1 Å². The standard InChI is InChI=1S/C38H52N6O6/c1-28-15-18-32(35(26-28)50-24-10-6-7-14-36(45)43-20-22-44(23-21-43)41(2)3)42(4)38(47)29-16-17-31(34(27-29)48-5)40-37(46)30-12-8-9-13-33(30)49-25-11-19-39/h8-9,12-13,15-18,26-27H,6-7,10-11,14,19-25,39H2,1-5H3,(H,40,46). The Morgan fingerprint density at radius 3 is 2.26 bits per heavy atom. The summed E-state index contributed by atoms with van der Waals surface area (Å²) in [6, 6.07) is 17.6. The van der Waals surface area contributed by atoms with Gasteiger partial charge in [0.15, 0.2) is 0 Å². The highest BCUT2D eigenvalue weighted by atomic mass is 16.5. The number of benzene rings is 3. The molecule has 1 saturated heterocycles. The third-order valence-corrected chi connectivity index (χ3v) is 8.68. The van der Waals surface area contributed by atoms with Gasteiger partial charge >= 0.3 is 0 Å². The molecule has 1 aliphatic heterocycles. The molecule has 0 aromatic heterocycles. The topological polar surface area (TPSA) is 130 Å². The highest BCUT2D eigenvalue weighted by molar-refractivity contribution is 6.09. The third kappa shape index (κ3) is 10.4. The Morgan fingerprint density at radius 2 is 1.54 bits per heavy atom. The van der Waals surface area contributed by atoms with Crippen LogP contribution in [0.4, 0.5) is 11.4 Å². The molecular weight excluding hydrogens is 636 g/mol. The molecule has 50 heavy (non-hydrogen) atoms. The Morgan fingerprint density at radius 1 is 0.820 bits per heavy atom. The summed E-state index contributed by atoms with van der Waals surface area (Å²) in [5.74, 6) is 0.995. The van der Waals surface area contributed by atoms with Gasteiger partial charge in [-0.1, -0.05) is 18.2 Å². The van der Waals surface area contributed by atoms with Crippen LogP contribution in [0.3, 0.4) is 0 Å². The number of piperazine rings is 1. The number of para-hydroxylation sites is 1. The van der Waals surface area contributed by atoms with Crippen molar-refractivity contribution in [1.29, 1.82) is 0 Å². The number of nitrogens with zero attached hydrogens (tertiary/aromatic N) is 4. The minimum Gasteiger partial charge on any atom is -0.495 e. The molecule has 12 heteroatoms. The van der Waals surface area contributed by atoms with Gasteiger partial charge in [0.25, 0.3) is 11.8 Å². The summed E-state index contributed by atoms with van der Waals surface area (Å²) < 4.78 is 17.5. The van der Waals surface area contributed by atoms with Crippen molar-refractivity contribution in [3.05, 3.63) is 77.4 Å². The van der Waals surface area contributed by atoms with Crippen molar-refractivity contribution >= 4 is 29.1 Å². The average Bonchev–Trinajstić information content (AvgIpc) is 3.12. The predicted octanol–water partition coefficient (Wildman–Crippen LogP) is 4.82. The minimum atomic E-state index is -0.366. The maximum Gasteiger partial charge on any atom is 0.259 e. The van der Waals surface area contributed by atoms with Crippen molar-refractivity contribution in [2.24, 2.45) is 5.73 Å². The molecule has 0 aliphatic carbocycles. The molecule has 0 spiro atoms. The Balaban J connectivity index is 1.32. The third-order valence-electron chi connectivity index (χ3n) is 8.68. The average molecular weight is 689 g/mol. The lowest BCUT2D eigenvalue weighted by molar-refractivity contribution is -0.135. The maximum atomic E-state index is 13.7. The number of ether oxygens (including phenoxy) is 3. The monoisotopic (exact) mass is 688 g/mol. The van der Waals surface area contributed by atoms with Crippen LogP contribution in [-0.4, -0.2) is 107 Å². The van der Waals surface area contributed by atoms with Gasteiger partial charge in [0.1, 0.15) is 17.2 Å². The van der Waals surface area contributed by atoms with E-state index in [4.69, 9.17) is 19.9 Å². The number of carbonyl (C=O) groups excluding carboxylic acids is 3. The van der Waals surface area contributed by atoms with Gasteiger partial charge in [-0.2, -0.15) is 0 Å². The molecule has 0 radical (unpaired) electrons. The van der Waals surface area contributed by atoms with E-state index >= 15 is 0 Å². The molecule has 3 aromatic carbocycles. The zero-order chi connectivity index (χ0) is 36.0. The summed E-state index contributed by atoms with van der Waals surface area (Å²) in [6.45, 7) is 6.59. The Hall–Kier alpha value is -4.65. The molecule has 0 bridgehead atoms. The van der Waals surface area contributed by atoms with Crippen LogP contribution >= 0.6 is 0 Å². The zero-order valence-electron chi connectivity index (χ0n) is 30.1. The lowest BCUT2D eigenvalue weighted by atomic mass is 10.1. The largest absolute Gasteiger partial charge is 0.495 e. The SMILES string of the molecule is COc1cc(C(=O)N(C)c2ccc(C)cc2OCCCCCC(=O)N2CCN(N(C)C)CC2)ccc1NC(=O)c1ccccc1OCCCN. The number of nitrogens with two attached hydrogens (primary N) is 1. The van der Waals surface area contributed by atoms with Crippen LogP contribution in [-0.2, 0) is 4.79 Å². The predicted molar refractivity (Wildman–Crippen MR) is 196 cm³/mol. The minimum absolute atomic E-state index is 0.214. The van der Waals surface area contributed by atoms with E-state index in [-0.39, 0.29) is 17.7 Å². The summed E-state index contributed by atoms with van der Waals surface area (Å²) in [5, 5.41) is 7.20. The quantitative estimate of drug-likeness (QED) is 0.192. The molecule has 0 unspecified atom stereocenters. The van der Waals surface area contributed by atoms with Crippen LogP contribution in [0.25, 0.3) is 0 Å². The molecule has 12 nitrogen and oxygen atoms in total. The van der Waals surface area contributed by atoms with Gasteiger partial charge in [0.05, 0.1) is 37.3 Å². The first-order valence-corrected chi connectivity index (χ1v) is 17.3. The van der Waals surface area contributed by atoms with Crippen LogP contribution in [0.2, 0.25) is 0 Å². The first-order chi connectivity index (χ1) is 24.1. The van der Waals surface area contributed by atoms with E-state index in [9.17, 15) is 14.4 Å². The van der Waals surface area contributed by atoms with Crippen molar-refractivity contribution < 1.29 is 28.6 Å². The van der Waals surface area contributed by atoms with Gasteiger partial charge in [-0.3, -0.25) is 14.4 Å². The highest BCUT2D eigenvalue weighted by Gasteiger charge is 2.23. The van der Waals surface area contributed by atoms with Crippen LogP contribution < -0.4 is 30.2 Å². The van der Waals surface area contributed by atoms with E-state index in [1.807, 2.05) is 44.1 Å². The van der Waals surface area contributed by atoms with Crippen LogP contribution in [0.5, 0.6) is 17.2 Å².